The Hall–Kier alpha value is -1.76. The molecule has 0 unspecified atom stereocenters. The molecule has 0 saturated heterocycles. The third-order valence-electron chi connectivity index (χ3n) is 2.77. The van der Waals surface area contributed by atoms with E-state index < -0.39 is 9.84 Å². The van der Waals surface area contributed by atoms with Gasteiger partial charge in [0.2, 0.25) is 0 Å². The Bertz CT molecular complexity index is 586. The predicted molar refractivity (Wildman–Crippen MR) is 78.2 cm³/mol. The van der Waals surface area contributed by atoms with E-state index in [0.717, 1.165) is 11.1 Å². The molecule has 0 spiro atoms. The summed E-state index contributed by atoms with van der Waals surface area (Å²) in [5.74, 6) is 0.848. The van der Waals surface area contributed by atoms with E-state index in [1.807, 2.05) is 13.8 Å². The summed E-state index contributed by atoms with van der Waals surface area (Å²) in [4.78, 5) is 0. The lowest BCUT2D eigenvalue weighted by Gasteiger charge is -2.13. The van der Waals surface area contributed by atoms with Gasteiger partial charge in [-0.1, -0.05) is 5.16 Å². The van der Waals surface area contributed by atoms with Crippen LogP contribution in [0, 0.1) is 13.8 Å². The molecule has 3 N–H and O–H groups in total. The molecule has 1 aromatic carbocycles. The standard InChI is InChI=1S/C13H20N2O4S/c1-9-7-11(13(14)15-16)8-10(2)12(9)19-5-4-6-20(3,17)18/h7-8,16H,4-6H2,1-3H3,(H2,14,15). The lowest BCUT2D eigenvalue weighted by Crippen LogP contribution is -2.14. The van der Waals surface area contributed by atoms with Crippen molar-refractivity contribution in [3.8, 4) is 5.75 Å². The fourth-order valence-corrected chi connectivity index (χ4v) is 2.52. The number of hydrogen-bond donors (Lipinski definition) is 2. The van der Waals surface area contributed by atoms with E-state index in [4.69, 9.17) is 15.7 Å². The van der Waals surface area contributed by atoms with Crippen LogP contribution in [0.4, 0.5) is 0 Å². The topological polar surface area (TPSA) is 102 Å². The van der Waals surface area contributed by atoms with E-state index in [1.54, 1.807) is 12.1 Å². The van der Waals surface area contributed by atoms with Gasteiger partial charge in [-0.25, -0.2) is 8.42 Å². The molecule has 0 aliphatic heterocycles. The zero-order valence-electron chi connectivity index (χ0n) is 11.9. The van der Waals surface area contributed by atoms with Crippen LogP contribution in [0.2, 0.25) is 0 Å². The summed E-state index contributed by atoms with van der Waals surface area (Å²) in [6.45, 7) is 4.04. The van der Waals surface area contributed by atoms with Crippen molar-refractivity contribution in [2.75, 3.05) is 18.6 Å². The second-order valence-corrected chi connectivity index (χ2v) is 7.02. The molecule has 0 atom stereocenters. The lowest BCUT2D eigenvalue weighted by atomic mass is 10.1. The summed E-state index contributed by atoms with van der Waals surface area (Å²) in [5.41, 5.74) is 7.87. The van der Waals surface area contributed by atoms with Crippen LogP contribution in [0.15, 0.2) is 17.3 Å². The molecule has 0 aromatic heterocycles. The number of nitrogens with zero attached hydrogens (tertiary/aromatic N) is 1. The Labute approximate surface area is 119 Å². The van der Waals surface area contributed by atoms with Crippen molar-refractivity contribution >= 4 is 15.7 Å². The summed E-state index contributed by atoms with van der Waals surface area (Å²) in [5, 5.41) is 11.6. The molecule has 0 saturated carbocycles. The van der Waals surface area contributed by atoms with Gasteiger partial charge in [0, 0.05) is 11.8 Å². The van der Waals surface area contributed by atoms with E-state index in [1.165, 1.54) is 6.26 Å². The normalized spacial score (nSPS) is 12.4. The number of nitrogens with two attached hydrogens (primary N) is 1. The van der Waals surface area contributed by atoms with Gasteiger partial charge in [-0.3, -0.25) is 0 Å². The van der Waals surface area contributed by atoms with Gasteiger partial charge in [0.05, 0.1) is 12.4 Å². The lowest BCUT2D eigenvalue weighted by molar-refractivity contribution is 0.313. The number of ether oxygens (including phenoxy) is 1. The quantitative estimate of drug-likeness (QED) is 0.270. The minimum atomic E-state index is -2.96. The minimum absolute atomic E-state index is 0.0415. The van der Waals surface area contributed by atoms with Crippen molar-refractivity contribution in [1.82, 2.24) is 0 Å². The molecule has 0 fully saturated rings. The summed E-state index contributed by atoms with van der Waals surface area (Å²) >= 11 is 0. The maximum Gasteiger partial charge on any atom is 0.170 e. The Morgan fingerprint density at radius 1 is 1.35 bits per heavy atom. The minimum Gasteiger partial charge on any atom is -0.493 e. The van der Waals surface area contributed by atoms with Crippen LogP contribution >= 0.6 is 0 Å². The SMILES string of the molecule is Cc1cc(C(N)=NO)cc(C)c1OCCCS(C)(=O)=O. The van der Waals surface area contributed by atoms with Crippen molar-refractivity contribution < 1.29 is 18.4 Å². The summed E-state index contributed by atoms with van der Waals surface area (Å²) in [6, 6.07) is 3.52. The number of sulfone groups is 1. The fourth-order valence-electron chi connectivity index (χ4n) is 1.88. The second kappa shape index (κ2) is 6.60. The monoisotopic (exact) mass is 300 g/mol. The first-order chi connectivity index (χ1) is 9.24. The summed E-state index contributed by atoms with van der Waals surface area (Å²) < 4.78 is 27.7. The molecule has 0 aliphatic carbocycles. The van der Waals surface area contributed by atoms with Crippen molar-refractivity contribution in [3.05, 3.63) is 28.8 Å². The van der Waals surface area contributed by atoms with E-state index in [2.05, 4.69) is 5.16 Å². The van der Waals surface area contributed by atoms with Gasteiger partial charge in [0.25, 0.3) is 0 Å². The third kappa shape index (κ3) is 4.73. The molecule has 0 bridgehead atoms. The Kier molecular flexibility index (Phi) is 5.38. The number of amidine groups is 1. The Balaban J connectivity index is 2.77. The van der Waals surface area contributed by atoms with Gasteiger partial charge in [-0.05, 0) is 43.5 Å². The molecule has 1 aromatic rings. The smallest absolute Gasteiger partial charge is 0.170 e. The first-order valence-electron chi connectivity index (χ1n) is 6.14. The van der Waals surface area contributed by atoms with Crippen LogP contribution in [-0.4, -0.2) is 38.1 Å². The van der Waals surface area contributed by atoms with Gasteiger partial charge in [0.15, 0.2) is 5.84 Å². The molecule has 0 heterocycles. The molecule has 0 aliphatic rings. The molecule has 1 rings (SSSR count). The van der Waals surface area contributed by atoms with Gasteiger partial charge in [-0.2, -0.15) is 0 Å². The van der Waals surface area contributed by atoms with Crippen LogP contribution < -0.4 is 10.5 Å². The van der Waals surface area contributed by atoms with Crippen LogP contribution in [0.1, 0.15) is 23.1 Å². The van der Waals surface area contributed by atoms with Crippen LogP contribution in [0.5, 0.6) is 5.75 Å². The van der Waals surface area contributed by atoms with Crippen molar-refractivity contribution in [2.45, 2.75) is 20.3 Å². The third-order valence-corrected chi connectivity index (χ3v) is 3.80. The van der Waals surface area contributed by atoms with Crippen LogP contribution in [0.25, 0.3) is 0 Å². The molecular weight excluding hydrogens is 280 g/mol. The molecule has 7 heteroatoms. The highest BCUT2D eigenvalue weighted by Crippen LogP contribution is 2.25. The van der Waals surface area contributed by atoms with Gasteiger partial charge < -0.3 is 15.7 Å². The number of oxime groups is 1. The molecular formula is C13H20N2O4S. The van der Waals surface area contributed by atoms with Crippen molar-refractivity contribution in [2.24, 2.45) is 10.9 Å². The zero-order chi connectivity index (χ0) is 15.3. The van der Waals surface area contributed by atoms with E-state index >= 15 is 0 Å². The summed E-state index contributed by atoms with van der Waals surface area (Å²) in [7, 11) is -2.96. The zero-order valence-corrected chi connectivity index (χ0v) is 12.7. The second-order valence-electron chi connectivity index (χ2n) is 4.76. The Morgan fingerprint density at radius 2 is 1.90 bits per heavy atom. The highest BCUT2D eigenvalue weighted by molar-refractivity contribution is 7.90. The molecule has 112 valence electrons. The average molecular weight is 300 g/mol. The molecule has 6 nitrogen and oxygen atoms in total. The van der Waals surface area contributed by atoms with Crippen molar-refractivity contribution in [1.29, 1.82) is 0 Å². The molecule has 0 radical (unpaired) electrons. The average Bonchev–Trinajstić information content (AvgIpc) is 2.34. The van der Waals surface area contributed by atoms with Gasteiger partial charge >= 0.3 is 0 Å². The number of benzene rings is 1. The highest BCUT2D eigenvalue weighted by atomic mass is 32.2. The fraction of sp³-hybridized carbons (Fsp3) is 0.462. The van der Waals surface area contributed by atoms with Crippen LogP contribution in [0.3, 0.4) is 0 Å². The predicted octanol–water partition coefficient (Wildman–Crippen LogP) is 1.21. The number of aryl methyl sites for hydroxylation is 2. The largest absolute Gasteiger partial charge is 0.493 e. The molecule has 0 amide bonds. The van der Waals surface area contributed by atoms with Gasteiger partial charge in [-0.15, -0.1) is 0 Å². The molecule has 20 heavy (non-hydrogen) atoms. The van der Waals surface area contributed by atoms with E-state index in [-0.39, 0.29) is 11.6 Å². The first kappa shape index (κ1) is 16.3. The van der Waals surface area contributed by atoms with Crippen LogP contribution in [-0.2, 0) is 9.84 Å². The Morgan fingerprint density at radius 3 is 2.35 bits per heavy atom. The number of hydrogen-bond acceptors (Lipinski definition) is 5. The van der Waals surface area contributed by atoms with E-state index in [0.29, 0.717) is 24.3 Å². The van der Waals surface area contributed by atoms with Gasteiger partial charge in [0.1, 0.15) is 15.6 Å². The number of rotatable bonds is 6. The maximum atomic E-state index is 11.0. The maximum absolute atomic E-state index is 11.0. The summed E-state index contributed by atoms with van der Waals surface area (Å²) in [6.07, 6.45) is 1.65. The van der Waals surface area contributed by atoms with E-state index in [9.17, 15) is 8.42 Å². The first-order valence-corrected chi connectivity index (χ1v) is 8.20. The van der Waals surface area contributed by atoms with Crippen molar-refractivity contribution in [3.63, 3.8) is 0 Å². The highest BCUT2D eigenvalue weighted by Gasteiger charge is 2.09.